The maximum atomic E-state index is 2.68. The molecule has 0 aromatic carbocycles. The molecule has 3 rings (SSSR count). The summed E-state index contributed by atoms with van der Waals surface area (Å²) in [5.74, 6) is 0. The van der Waals surface area contributed by atoms with E-state index in [1.807, 2.05) is 0 Å². The molecule has 0 aliphatic carbocycles. The summed E-state index contributed by atoms with van der Waals surface area (Å²) >= 11 is 0. The minimum Gasteiger partial charge on any atom is -0.308 e. The molecule has 3 fully saturated rings. The fraction of sp³-hybridized carbons (Fsp3) is 1.00. The molecular formula is C10H21N3. The SMILES string of the molecule is CC1CN2CCN1C(CN(C)C)C2. The summed E-state index contributed by atoms with van der Waals surface area (Å²) in [5.41, 5.74) is 0. The average molecular weight is 183 g/mol. The molecule has 4 unspecified atom stereocenters. The van der Waals surface area contributed by atoms with E-state index < -0.39 is 0 Å². The molecule has 0 amide bonds. The molecule has 76 valence electrons. The monoisotopic (exact) mass is 183 g/mol. The zero-order chi connectivity index (χ0) is 9.42. The maximum absolute atomic E-state index is 2.68. The molecule has 4 atom stereocenters. The van der Waals surface area contributed by atoms with Gasteiger partial charge in [0.25, 0.3) is 0 Å². The highest BCUT2D eigenvalue weighted by molar-refractivity contribution is 4.93. The van der Waals surface area contributed by atoms with Crippen LogP contribution in [0.2, 0.25) is 0 Å². The molecule has 0 saturated carbocycles. The van der Waals surface area contributed by atoms with Crippen molar-refractivity contribution in [2.45, 2.75) is 19.0 Å². The fourth-order valence-electron chi connectivity index (χ4n) is 2.74. The van der Waals surface area contributed by atoms with Gasteiger partial charge in [0, 0.05) is 44.8 Å². The summed E-state index contributed by atoms with van der Waals surface area (Å²) in [7, 11) is 4.34. The van der Waals surface area contributed by atoms with Crippen LogP contribution in [-0.4, -0.2) is 73.6 Å². The van der Waals surface area contributed by atoms with Crippen molar-refractivity contribution < 1.29 is 0 Å². The largest absolute Gasteiger partial charge is 0.308 e. The van der Waals surface area contributed by atoms with Gasteiger partial charge in [0.2, 0.25) is 0 Å². The van der Waals surface area contributed by atoms with Gasteiger partial charge < -0.3 is 4.90 Å². The third-order valence-corrected chi connectivity index (χ3v) is 3.28. The lowest BCUT2D eigenvalue weighted by Gasteiger charge is -2.52. The van der Waals surface area contributed by atoms with Crippen molar-refractivity contribution in [3.05, 3.63) is 0 Å². The van der Waals surface area contributed by atoms with Crippen LogP contribution < -0.4 is 0 Å². The van der Waals surface area contributed by atoms with Crippen LogP contribution in [0.1, 0.15) is 6.92 Å². The third-order valence-electron chi connectivity index (χ3n) is 3.28. The first-order valence-electron chi connectivity index (χ1n) is 5.29. The van der Waals surface area contributed by atoms with E-state index in [1.54, 1.807) is 0 Å². The minimum atomic E-state index is 0.771. The lowest BCUT2D eigenvalue weighted by Crippen LogP contribution is -2.66. The standard InChI is InChI=1S/C10H21N3/c1-9-6-12-4-5-13(9)10(8-12)7-11(2)3/h9-10H,4-8H2,1-3H3. The summed E-state index contributed by atoms with van der Waals surface area (Å²) in [5, 5.41) is 0. The van der Waals surface area contributed by atoms with Gasteiger partial charge in [-0.25, -0.2) is 0 Å². The van der Waals surface area contributed by atoms with E-state index >= 15 is 0 Å². The topological polar surface area (TPSA) is 9.72 Å². The van der Waals surface area contributed by atoms with Gasteiger partial charge in [0.15, 0.2) is 0 Å². The first kappa shape index (κ1) is 9.44. The Morgan fingerprint density at radius 3 is 2.54 bits per heavy atom. The molecule has 3 nitrogen and oxygen atoms in total. The first-order valence-corrected chi connectivity index (χ1v) is 5.29. The summed E-state index contributed by atoms with van der Waals surface area (Å²) in [6.07, 6.45) is 0. The van der Waals surface area contributed by atoms with Crippen molar-refractivity contribution in [2.75, 3.05) is 46.8 Å². The van der Waals surface area contributed by atoms with E-state index in [0.717, 1.165) is 12.1 Å². The third kappa shape index (κ3) is 1.87. The van der Waals surface area contributed by atoms with Gasteiger partial charge in [0.1, 0.15) is 0 Å². The Morgan fingerprint density at radius 1 is 1.23 bits per heavy atom. The molecule has 3 aliphatic heterocycles. The van der Waals surface area contributed by atoms with Crippen LogP contribution in [0.25, 0.3) is 0 Å². The molecule has 0 spiro atoms. The summed E-state index contributed by atoms with van der Waals surface area (Å²) < 4.78 is 0. The van der Waals surface area contributed by atoms with E-state index in [9.17, 15) is 0 Å². The predicted molar refractivity (Wildman–Crippen MR) is 55.0 cm³/mol. The van der Waals surface area contributed by atoms with Gasteiger partial charge in [-0.05, 0) is 21.0 Å². The second-order valence-corrected chi connectivity index (χ2v) is 4.76. The average Bonchev–Trinajstić information content (AvgIpc) is 2.02. The molecule has 3 heterocycles. The first-order chi connectivity index (χ1) is 6.16. The number of nitrogens with zero attached hydrogens (tertiary/aromatic N) is 3. The van der Waals surface area contributed by atoms with Crippen LogP contribution in [0.15, 0.2) is 0 Å². The number of hydrogen-bond acceptors (Lipinski definition) is 3. The minimum absolute atomic E-state index is 0.771. The quantitative estimate of drug-likeness (QED) is 0.594. The molecule has 0 N–H and O–H groups in total. The number of rotatable bonds is 2. The Bertz CT molecular complexity index is 179. The Kier molecular flexibility index (Phi) is 2.58. The molecule has 3 heteroatoms. The van der Waals surface area contributed by atoms with Crippen molar-refractivity contribution in [2.24, 2.45) is 0 Å². The number of fused-ring (bicyclic) bond motifs is 3. The smallest absolute Gasteiger partial charge is 0.0354 e. The van der Waals surface area contributed by atoms with Crippen molar-refractivity contribution >= 4 is 0 Å². The molecule has 2 bridgehead atoms. The molecule has 13 heavy (non-hydrogen) atoms. The van der Waals surface area contributed by atoms with Crippen molar-refractivity contribution in [3.63, 3.8) is 0 Å². The summed E-state index contributed by atoms with van der Waals surface area (Å²) in [6, 6.07) is 1.54. The van der Waals surface area contributed by atoms with E-state index in [2.05, 4.69) is 35.7 Å². The van der Waals surface area contributed by atoms with Crippen LogP contribution in [0, 0.1) is 0 Å². The van der Waals surface area contributed by atoms with E-state index in [4.69, 9.17) is 0 Å². The van der Waals surface area contributed by atoms with Gasteiger partial charge in [0.05, 0.1) is 0 Å². The maximum Gasteiger partial charge on any atom is 0.0354 e. The van der Waals surface area contributed by atoms with Gasteiger partial charge in [-0.1, -0.05) is 0 Å². The Labute approximate surface area is 81.3 Å². The lowest BCUT2D eigenvalue weighted by molar-refractivity contribution is -0.0332. The van der Waals surface area contributed by atoms with Gasteiger partial charge in [-0.2, -0.15) is 0 Å². The van der Waals surface area contributed by atoms with Gasteiger partial charge >= 0.3 is 0 Å². The zero-order valence-electron chi connectivity index (χ0n) is 9.03. The highest BCUT2D eigenvalue weighted by Gasteiger charge is 2.36. The Morgan fingerprint density at radius 2 is 2.00 bits per heavy atom. The zero-order valence-corrected chi connectivity index (χ0v) is 9.03. The Balaban J connectivity index is 1.98. The molecular weight excluding hydrogens is 162 g/mol. The normalized spacial score (nSPS) is 44.3. The molecule has 3 saturated heterocycles. The van der Waals surface area contributed by atoms with Crippen LogP contribution in [0.4, 0.5) is 0 Å². The van der Waals surface area contributed by atoms with Gasteiger partial charge in [-0.3, -0.25) is 9.80 Å². The summed E-state index contributed by atoms with van der Waals surface area (Å²) in [6.45, 7) is 8.69. The summed E-state index contributed by atoms with van der Waals surface area (Å²) in [4.78, 5) is 7.60. The van der Waals surface area contributed by atoms with E-state index in [0.29, 0.717) is 0 Å². The van der Waals surface area contributed by atoms with E-state index in [-0.39, 0.29) is 0 Å². The second-order valence-electron chi connectivity index (χ2n) is 4.76. The van der Waals surface area contributed by atoms with Crippen molar-refractivity contribution in [1.29, 1.82) is 0 Å². The highest BCUT2D eigenvalue weighted by atomic mass is 15.4. The molecule has 0 aromatic heterocycles. The highest BCUT2D eigenvalue weighted by Crippen LogP contribution is 2.20. The van der Waals surface area contributed by atoms with Crippen LogP contribution in [-0.2, 0) is 0 Å². The van der Waals surface area contributed by atoms with Gasteiger partial charge in [-0.15, -0.1) is 0 Å². The molecule has 3 aliphatic rings. The number of piperazine rings is 3. The molecule has 0 aromatic rings. The lowest BCUT2D eigenvalue weighted by atomic mass is 10.0. The van der Waals surface area contributed by atoms with E-state index in [1.165, 1.54) is 32.7 Å². The number of hydrogen-bond donors (Lipinski definition) is 0. The van der Waals surface area contributed by atoms with Crippen LogP contribution in [0.5, 0.6) is 0 Å². The predicted octanol–water partition coefficient (Wildman–Crippen LogP) is -0.0637. The fourth-order valence-corrected chi connectivity index (χ4v) is 2.74. The number of likely N-dealkylation sites (N-methyl/N-ethyl adjacent to an activating group) is 1. The van der Waals surface area contributed by atoms with Crippen molar-refractivity contribution in [1.82, 2.24) is 14.7 Å². The van der Waals surface area contributed by atoms with Crippen LogP contribution >= 0.6 is 0 Å². The Hall–Kier alpha value is -0.120. The molecule has 0 radical (unpaired) electrons. The van der Waals surface area contributed by atoms with Crippen molar-refractivity contribution in [3.8, 4) is 0 Å². The van der Waals surface area contributed by atoms with Crippen LogP contribution in [0.3, 0.4) is 0 Å². The second kappa shape index (κ2) is 3.56.